The van der Waals surface area contributed by atoms with Gasteiger partial charge in [-0.05, 0) is 32.3 Å². The molecule has 2 aromatic rings. The van der Waals surface area contributed by atoms with Gasteiger partial charge < -0.3 is 14.2 Å². The summed E-state index contributed by atoms with van der Waals surface area (Å²) in [6.07, 6.45) is 6.25. The minimum Gasteiger partial charge on any atom is -0.370 e. The predicted molar refractivity (Wildman–Crippen MR) is 85.2 cm³/mol. The summed E-state index contributed by atoms with van der Waals surface area (Å²) in [5, 5.41) is 4.13. The van der Waals surface area contributed by atoms with Crippen molar-refractivity contribution in [3.63, 3.8) is 0 Å². The number of piperidine rings is 1. The first-order chi connectivity index (χ1) is 11.2. The van der Waals surface area contributed by atoms with Crippen molar-refractivity contribution < 1.29 is 9.26 Å². The molecule has 0 radical (unpaired) electrons. The van der Waals surface area contributed by atoms with Crippen LogP contribution in [0.2, 0.25) is 0 Å². The van der Waals surface area contributed by atoms with E-state index in [1.165, 1.54) is 0 Å². The van der Waals surface area contributed by atoms with Gasteiger partial charge in [0.25, 0.3) is 0 Å². The van der Waals surface area contributed by atoms with Crippen LogP contribution in [0.25, 0.3) is 0 Å². The maximum absolute atomic E-state index is 5.54. The average molecular weight is 317 g/mol. The second-order valence-corrected chi connectivity index (χ2v) is 6.05. The van der Waals surface area contributed by atoms with E-state index in [1.54, 1.807) is 19.5 Å². The molecule has 7 nitrogen and oxygen atoms in total. The molecule has 1 saturated heterocycles. The third-order valence-electron chi connectivity index (χ3n) is 4.72. The molecule has 0 saturated carbocycles. The minimum atomic E-state index is -0.486. The molecule has 1 fully saturated rings. The third-order valence-corrected chi connectivity index (χ3v) is 4.72. The maximum Gasteiger partial charge on any atom is 0.229 e. The maximum atomic E-state index is 5.54. The van der Waals surface area contributed by atoms with Gasteiger partial charge in [0.2, 0.25) is 17.7 Å². The lowest BCUT2D eigenvalue weighted by Gasteiger charge is -2.30. The van der Waals surface area contributed by atoms with Crippen molar-refractivity contribution in [2.75, 3.05) is 25.1 Å². The Morgan fingerprint density at radius 1 is 1.30 bits per heavy atom. The second kappa shape index (κ2) is 6.62. The zero-order chi connectivity index (χ0) is 16.3. The molecular weight excluding hydrogens is 294 g/mol. The lowest BCUT2D eigenvalue weighted by molar-refractivity contribution is -0.0106. The van der Waals surface area contributed by atoms with Gasteiger partial charge in [0.05, 0.1) is 0 Å². The van der Waals surface area contributed by atoms with Crippen molar-refractivity contribution >= 4 is 5.95 Å². The fourth-order valence-electron chi connectivity index (χ4n) is 2.79. The molecule has 1 unspecified atom stereocenters. The van der Waals surface area contributed by atoms with Gasteiger partial charge in [-0.25, -0.2) is 9.97 Å². The summed E-state index contributed by atoms with van der Waals surface area (Å²) >= 11 is 0. The average Bonchev–Trinajstić information content (AvgIpc) is 3.13. The van der Waals surface area contributed by atoms with Gasteiger partial charge in [-0.1, -0.05) is 12.1 Å². The van der Waals surface area contributed by atoms with Crippen LogP contribution in [0.4, 0.5) is 5.95 Å². The zero-order valence-corrected chi connectivity index (χ0v) is 13.9. The summed E-state index contributed by atoms with van der Waals surface area (Å²) in [6, 6.07) is 1.83. The first kappa shape index (κ1) is 15.9. The van der Waals surface area contributed by atoms with Crippen LogP contribution in [0.15, 0.2) is 23.0 Å². The number of methoxy groups -OCH3 is 1. The molecule has 0 N–H and O–H groups in total. The van der Waals surface area contributed by atoms with Gasteiger partial charge in [-0.2, -0.15) is 4.98 Å². The highest BCUT2D eigenvalue weighted by atomic mass is 16.5. The summed E-state index contributed by atoms with van der Waals surface area (Å²) in [7, 11) is 1.68. The molecule has 1 atom stereocenters. The van der Waals surface area contributed by atoms with E-state index in [4.69, 9.17) is 9.26 Å². The first-order valence-corrected chi connectivity index (χ1v) is 8.07. The molecule has 1 aliphatic rings. The molecule has 3 rings (SSSR count). The van der Waals surface area contributed by atoms with Crippen molar-refractivity contribution in [1.82, 2.24) is 20.1 Å². The van der Waals surface area contributed by atoms with E-state index in [1.807, 2.05) is 13.0 Å². The summed E-state index contributed by atoms with van der Waals surface area (Å²) in [5.74, 6) is 2.42. The summed E-state index contributed by atoms with van der Waals surface area (Å²) < 4.78 is 11.0. The predicted octanol–water partition coefficient (Wildman–Crippen LogP) is 2.52. The van der Waals surface area contributed by atoms with Gasteiger partial charge in [0, 0.05) is 38.5 Å². The summed E-state index contributed by atoms with van der Waals surface area (Å²) in [5.41, 5.74) is -0.486. The van der Waals surface area contributed by atoms with Crippen molar-refractivity contribution in [1.29, 1.82) is 0 Å². The van der Waals surface area contributed by atoms with Crippen LogP contribution in [0.3, 0.4) is 0 Å². The number of nitrogens with zero attached hydrogens (tertiary/aromatic N) is 5. The molecule has 3 heterocycles. The highest BCUT2D eigenvalue weighted by Gasteiger charge is 2.32. The van der Waals surface area contributed by atoms with E-state index in [9.17, 15) is 0 Å². The summed E-state index contributed by atoms with van der Waals surface area (Å²) in [4.78, 5) is 15.4. The van der Waals surface area contributed by atoms with Crippen molar-refractivity contribution in [2.45, 2.75) is 44.6 Å². The molecule has 0 bridgehead atoms. The van der Waals surface area contributed by atoms with E-state index in [2.05, 4.69) is 31.9 Å². The molecule has 0 aliphatic carbocycles. The summed E-state index contributed by atoms with van der Waals surface area (Å²) in [6.45, 7) is 5.82. The second-order valence-electron chi connectivity index (χ2n) is 6.05. The molecule has 7 heteroatoms. The Morgan fingerprint density at radius 3 is 2.61 bits per heavy atom. The number of ether oxygens (including phenoxy) is 1. The fraction of sp³-hybridized carbons (Fsp3) is 0.625. The molecule has 0 aromatic carbocycles. The number of hydrogen-bond acceptors (Lipinski definition) is 7. The molecule has 23 heavy (non-hydrogen) atoms. The normalized spacial score (nSPS) is 18.8. The Balaban J connectivity index is 1.65. The van der Waals surface area contributed by atoms with Crippen LogP contribution in [-0.4, -0.2) is 40.3 Å². The van der Waals surface area contributed by atoms with Gasteiger partial charge in [0.1, 0.15) is 5.60 Å². The lowest BCUT2D eigenvalue weighted by Crippen LogP contribution is -2.34. The molecule has 2 aromatic heterocycles. The van der Waals surface area contributed by atoms with Gasteiger partial charge in [-0.15, -0.1) is 0 Å². The quantitative estimate of drug-likeness (QED) is 0.838. The highest BCUT2D eigenvalue weighted by molar-refractivity contribution is 5.29. The van der Waals surface area contributed by atoms with Crippen LogP contribution in [0, 0.1) is 0 Å². The lowest BCUT2D eigenvalue weighted by atomic mass is 9.96. The van der Waals surface area contributed by atoms with Crippen LogP contribution in [0.5, 0.6) is 0 Å². The SMILES string of the molecule is CCC(C)(OC)c1noc(C2CCN(c3ncccn3)CC2)n1. The van der Waals surface area contributed by atoms with Crippen LogP contribution >= 0.6 is 0 Å². The van der Waals surface area contributed by atoms with Crippen molar-refractivity contribution in [2.24, 2.45) is 0 Å². The monoisotopic (exact) mass is 317 g/mol. The fourth-order valence-corrected chi connectivity index (χ4v) is 2.79. The van der Waals surface area contributed by atoms with Gasteiger partial charge >= 0.3 is 0 Å². The van der Waals surface area contributed by atoms with Crippen LogP contribution in [-0.2, 0) is 10.3 Å². The standard InChI is InChI=1S/C16H23N5O2/c1-4-16(2,22-3)14-19-13(23-20-14)12-6-10-21(11-7-12)15-17-8-5-9-18-15/h5,8-9,12H,4,6-7,10-11H2,1-3H3. The Bertz CT molecular complexity index is 618. The highest BCUT2D eigenvalue weighted by Crippen LogP contribution is 2.31. The van der Waals surface area contributed by atoms with E-state index < -0.39 is 5.60 Å². The van der Waals surface area contributed by atoms with E-state index >= 15 is 0 Å². The third kappa shape index (κ3) is 3.19. The number of rotatable bonds is 5. The number of anilines is 1. The first-order valence-electron chi connectivity index (χ1n) is 8.07. The number of aromatic nitrogens is 4. The molecular formula is C16H23N5O2. The topological polar surface area (TPSA) is 77.2 Å². The molecule has 0 spiro atoms. The van der Waals surface area contributed by atoms with E-state index in [0.717, 1.165) is 38.3 Å². The molecule has 124 valence electrons. The largest absolute Gasteiger partial charge is 0.370 e. The molecule has 1 aliphatic heterocycles. The Morgan fingerprint density at radius 2 is 2.00 bits per heavy atom. The Labute approximate surface area is 136 Å². The smallest absolute Gasteiger partial charge is 0.229 e. The zero-order valence-electron chi connectivity index (χ0n) is 13.9. The van der Waals surface area contributed by atoms with Crippen molar-refractivity contribution in [3.8, 4) is 0 Å². The minimum absolute atomic E-state index is 0.286. The van der Waals surface area contributed by atoms with Crippen LogP contribution in [0.1, 0.15) is 50.7 Å². The van der Waals surface area contributed by atoms with Crippen LogP contribution < -0.4 is 4.90 Å². The van der Waals surface area contributed by atoms with Gasteiger partial charge in [-0.3, -0.25) is 0 Å². The van der Waals surface area contributed by atoms with E-state index in [-0.39, 0.29) is 5.92 Å². The van der Waals surface area contributed by atoms with Crippen molar-refractivity contribution in [3.05, 3.63) is 30.2 Å². The Kier molecular flexibility index (Phi) is 4.56. The Hall–Kier alpha value is -2.02. The van der Waals surface area contributed by atoms with E-state index in [0.29, 0.717) is 11.7 Å². The number of hydrogen-bond donors (Lipinski definition) is 0. The molecule has 0 amide bonds. The van der Waals surface area contributed by atoms with Gasteiger partial charge in [0.15, 0.2) is 0 Å².